The van der Waals surface area contributed by atoms with Crippen LogP contribution in [0, 0.1) is 0 Å². The molecule has 108 valence electrons. The van der Waals surface area contributed by atoms with Crippen LogP contribution in [0.15, 0.2) is 52.5 Å². The van der Waals surface area contributed by atoms with E-state index in [1.165, 1.54) is 67.8 Å². The standard InChI is InChI=1S/C19H25Br/c20-19-15-9-14-18(16-19)13-6-3-1-2-5-10-17-11-7-4-8-12-17/h4,7,9,11,14-16H,1-3,5-6,8,10,12-13H2. The van der Waals surface area contributed by atoms with Gasteiger partial charge in [0.25, 0.3) is 0 Å². The van der Waals surface area contributed by atoms with Crippen molar-refractivity contribution in [3.05, 3.63) is 58.1 Å². The van der Waals surface area contributed by atoms with Crippen LogP contribution >= 0.6 is 15.9 Å². The van der Waals surface area contributed by atoms with E-state index in [1.54, 1.807) is 5.57 Å². The maximum Gasteiger partial charge on any atom is 0.0177 e. The van der Waals surface area contributed by atoms with Gasteiger partial charge in [-0.05, 0) is 56.2 Å². The normalized spacial score (nSPS) is 14.3. The molecule has 0 saturated carbocycles. The molecular weight excluding hydrogens is 308 g/mol. The van der Waals surface area contributed by atoms with Crippen LogP contribution in [0.2, 0.25) is 0 Å². The van der Waals surface area contributed by atoms with Crippen LogP contribution < -0.4 is 0 Å². The van der Waals surface area contributed by atoms with Crippen molar-refractivity contribution < 1.29 is 0 Å². The number of halogens is 1. The van der Waals surface area contributed by atoms with E-state index in [0.29, 0.717) is 0 Å². The summed E-state index contributed by atoms with van der Waals surface area (Å²) in [5, 5.41) is 0. The van der Waals surface area contributed by atoms with E-state index in [2.05, 4.69) is 58.4 Å². The van der Waals surface area contributed by atoms with Gasteiger partial charge in [-0.3, -0.25) is 0 Å². The molecule has 0 unspecified atom stereocenters. The van der Waals surface area contributed by atoms with E-state index in [9.17, 15) is 0 Å². The van der Waals surface area contributed by atoms with E-state index in [-0.39, 0.29) is 0 Å². The van der Waals surface area contributed by atoms with Crippen LogP contribution in [0.5, 0.6) is 0 Å². The number of hydrogen-bond acceptors (Lipinski definition) is 0. The predicted octanol–water partition coefficient (Wildman–Crippen LogP) is 6.61. The first-order chi connectivity index (χ1) is 9.84. The van der Waals surface area contributed by atoms with Crippen molar-refractivity contribution in [2.75, 3.05) is 0 Å². The third-order valence-corrected chi connectivity index (χ3v) is 4.45. The Morgan fingerprint density at radius 1 is 0.950 bits per heavy atom. The average molecular weight is 333 g/mol. The monoisotopic (exact) mass is 332 g/mol. The molecule has 0 heterocycles. The highest BCUT2D eigenvalue weighted by molar-refractivity contribution is 9.10. The second-order valence-corrected chi connectivity index (χ2v) is 6.61. The van der Waals surface area contributed by atoms with Crippen LogP contribution in [0.1, 0.15) is 56.9 Å². The highest BCUT2D eigenvalue weighted by Gasteiger charge is 2.00. The van der Waals surface area contributed by atoms with E-state index in [0.717, 1.165) is 0 Å². The molecule has 0 saturated heterocycles. The molecule has 0 aliphatic heterocycles. The number of unbranched alkanes of at least 4 members (excludes halogenated alkanes) is 4. The van der Waals surface area contributed by atoms with Gasteiger partial charge in [-0.2, -0.15) is 0 Å². The van der Waals surface area contributed by atoms with Crippen molar-refractivity contribution in [2.45, 2.75) is 57.8 Å². The lowest BCUT2D eigenvalue weighted by atomic mass is 9.98. The predicted molar refractivity (Wildman–Crippen MR) is 92.0 cm³/mol. The molecule has 0 aromatic heterocycles. The first-order valence-electron chi connectivity index (χ1n) is 7.93. The molecule has 1 aromatic carbocycles. The third-order valence-electron chi connectivity index (χ3n) is 3.95. The Labute approximate surface area is 132 Å². The van der Waals surface area contributed by atoms with Gasteiger partial charge in [-0.15, -0.1) is 0 Å². The van der Waals surface area contributed by atoms with Gasteiger partial charge in [0, 0.05) is 4.47 Å². The lowest BCUT2D eigenvalue weighted by molar-refractivity contribution is 0.607. The van der Waals surface area contributed by atoms with E-state index in [1.807, 2.05) is 0 Å². The van der Waals surface area contributed by atoms with Crippen LogP contribution in [0.3, 0.4) is 0 Å². The van der Waals surface area contributed by atoms with Gasteiger partial charge in [-0.25, -0.2) is 0 Å². The molecule has 0 amide bonds. The van der Waals surface area contributed by atoms with Crippen molar-refractivity contribution in [1.82, 2.24) is 0 Å². The molecule has 20 heavy (non-hydrogen) atoms. The summed E-state index contributed by atoms with van der Waals surface area (Å²) >= 11 is 3.53. The number of allylic oxidation sites excluding steroid dienone is 4. The molecule has 1 aliphatic carbocycles. The Bertz CT molecular complexity index is 457. The summed E-state index contributed by atoms with van der Waals surface area (Å²) in [5.41, 5.74) is 3.11. The molecule has 0 spiro atoms. The molecule has 0 N–H and O–H groups in total. The van der Waals surface area contributed by atoms with Gasteiger partial charge in [0.05, 0.1) is 0 Å². The fraction of sp³-hybridized carbons (Fsp3) is 0.474. The van der Waals surface area contributed by atoms with Crippen molar-refractivity contribution in [1.29, 1.82) is 0 Å². The summed E-state index contributed by atoms with van der Waals surface area (Å²) in [6.07, 6.45) is 18.7. The van der Waals surface area contributed by atoms with Crippen LogP contribution in [-0.2, 0) is 6.42 Å². The summed E-state index contributed by atoms with van der Waals surface area (Å²) in [6.45, 7) is 0. The van der Waals surface area contributed by atoms with Gasteiger partial charge in [0.1, 0.15) is 0 Å². The molecule has 0 atom stereocenters. The highest BCUT2D eigenvalue weighted by atomic mass is 79.9. The Kier molecular flexibility index (Phi) is 7.14. The first kappa shape index (κ1) is 15.6. The Hall–Kier alpha value is -0.820. The fourth-order valence-corrected chi connectivity index (χ4v) is 3.21. The molecule has 0 bridgehead atoms. The lowest BCUT2D eigenvalue weighted by Crippen LogP contribution is -1.89. The van der Waals surface area contributed by atoms with Crippen LogP contribution in [0.25, 0.3) is 0 Å². The quantitative estimate of drug-likeness (QED) is 0.470. The topological polar surface area (TPSA) is 0 Å². The van der Waals surface area contributed by atoms with Gasteiger partial charge < -0.3 is 0 Å². The summed E-state index contributed by atoms with van der Waals surface area (Å²) in [7, 11) is 0. The summed E-state index contributed by atoms with van der Waals surface area (Å²) in [6, 6.07) is 8.70. The second kappa shape index (κ2) is 9.18. The van der Waals surface area contributed by atoms with Crippen molar-refractivity contribution in [2.24, 2.45) is 0 Å². The van der Waals surface area contributed by atoms with Crippen molar-refractivity contribution in [3.8, 4) is 0 Å². The van der Waals surface area contributed by atoms with Crippen LogP contribution in [-0.4, -0.2) is 0 Å². The largest absolute Gasteiger partial charge is 0.0842 e. The van der Waals surface area contributed by atoms with Crippen molar-refractivity contribution >= 4 is 15.9 Å². The molecule has 1 aromatic rings. The molecule has 0 nitrogen and oxygen atoms in total. The Morgan fingerprint density at radius 3 is 2.50 bits per heavy atom. The zero-order valence-corrected chi connectivity index (χ0v) is 13.9. The first-order valence-corrected chi connectivity index (χ1v) is 8.73. The maximum atomic E-state index is 3.53. The van der Waals surface area contributed by atoms with Gasteiger partial charge in [0.2, 0.25) is 0 Å². The summed E-state index contributed by atoms with van der Waals surface area (Å²) in [5.74, 6) is 0. The minimum absolute atomic E-state index is 1.20. The van der Waals surface area contributed by atoms with Gasteiger partial charge >= 0.3 is 0 Å². The summed E-state index contributed by atoms with van der Waals surface area (Å²) < 4.78 is 1.20. The molecule has 0 radical (unpaired) electrons. The van der Waals surface area contributed by atoms with E-state index < -0.39 is 0 Å². The zero-order chi connectivity index (χ0) is 14.0. The molecule has 0 fully saturated rings. The van der Waals surface area contributed by atoms with E-state index >= 15 is 0 Å². The molecular formula is C19H25Br. The summed E-state index contributed by atoms with van der Waals surface area (Å²) in [4.78, 5) is 0. The average Bonchev–Trinajstić information content (AvgIpc) is 2.47. The molecule has 1 aliphatic rings. The number of benzene rings is 1. The number of rotatable bonds is 8. The lowest BCUT2D eigenvalue weighted by Gasteiger charge is -2.08. The third kappa shape index (κ3) is 6.09. The number of hydrogen-bond donors (Lipinski definition) is 0. The van der Waals surface area contributed by atoms with Crippen molar-refractivity contribution in [3.63, 3.8) is 0 Å². The number of aryl methyl sites for hydroxylation is 1. The molecule has 2 rings (SSSR count). The SMILES string of the molecule is Brc1cccc(CCCCCCCC2=CC=CCC2)c1. The highest BCUT2D eigenvalue weighted by Crippen LogP contribution is 2.19. The Morgan fingerprint density at radius 2 is 1.75 bits per heavy atom. The minimum Gasteiger partial charge on any atom is -0.0842 e. The Balaban J connectivity index is 1.49. The maximum absolute atomic E-state index is 3.53. The van der Waals surface area contributed by atoms with Gasteiger partial charge in [-0.1, -0.05) is 71.1 Å². The molecule has 1 heteroatoms. The zero-order valence-electron chi connectivity index (χ0n) is 12.3. The van der Waals surface area contributed by atoms with Crippen LogP contribution in [0.4, 0.5) is 0 Å². The smallest absolute Gasteiger partial charge is 0.0177 e. The van der Waals surface area contributed by atoms with Gasteiger partial charge in [0.15, 0.2) is 0 Å². The fourth-order valence-electron chi connectivity index (χ4n) is 2.76. The van der Waals surface area contributed by atoms with E-state index in [4.69, 9.17) is 0 Å². The second-order valence-electron chi connectivity index (χ2n) is 5.69. The minimum atomic E-state index is 1.20.